The van der Waals surface area contributed by atoms with Crippen LogP contribution < -0.4 is 16.4 Å². The Bertz CT molecular complexity index is 650. The second kappa shape index (κ2) is 6.93. The highest BCUT2D eigenvalue weighted by atomic mass is 16.1. The van der Waals surface area contributed by atoms with Crippen LogP contribution in [0.2, 0.25) is 0 Å². The molecule has 0 unspecified atom stereocenters. The van der Waals surface area contributed by atoms with Crippen molar-refractivity contribution >= 4 is 17.4 Å². The summed E-state index contributed by atoms with van der Waals surface area (Å²) >= 11 is 0. The van der Waals surface area contributed by atoms with Crippen LogP contribution in [0.15, 0.2) is 36.5 Å². The highest BCUT2D eigenvalue weighted by molar-refractivity contribution is 5.94. The molecule has 0 aliphatic rings. The molecule has 1 aromatic carbocycles. The predicted molar refractivity (Wildman–Crippen MR) is 90.0 cm³/mol. The van der Waals surface area contributed by atoms with Gasteiger partial charge in [-0.1, -0.05) is 12.1 Å². The lowest BCUT2D eigenvalue weighted by atomic mass is 10.1. The van der Waals surface area contributed by atoms with E-state index in [0.717, 1.165) is 22.6 Å². The standard InChI is InChI=1S/C17H22N4O/c1-11(2)21-16-7-5-13(10-20-16)9-19-15-8-14(17(18)22)6-4-12(15)3/h4-8,10-11,19H,9H2,1-3H3,(H2,18,22)(H,20,21). The van der Waals surface area contributed by atoms with Crippen LogP contribution in [-0.4, -0.2) is 16.9 Å². The second-order valence-electron chi connectivity index (χ2n) is 5.60. The van der Waals surface area contributed by atoms with Gasteiger partial charge in [-0.15, -0.1) is 0 Å². The number of hydrogen-bond donors (Lipinski definition) is 3. The first-order chi connectivity index (χ1) is 10.5. The molecular formula is C17H22N4O. The van der Waals surface area contributed by atoms with E-state index in [0.29, 0.717) is 18.2 Å². The average molecular weight is 298 g/mol. The quantitative estimate of drug-likeness (QED) is 0.766. The zero-order valence-electron chi connectivity index (χ0n) is 13.2. The summed E-state index contributed by atoms with van der Waals surface area (Å²) in [6.45, 7) is 6.77. The number of primary amides is 1. The van der Waals surface area contributed by atoms with E-state index in [-0.39, 0.29) is 0 Å². The Morgan fingerprint density at radius 1 is 1.27 bits per heavy atom. The van der Waals surface area contributed by atoms with E-state index < -0.39 is 5.91 Å². The van der Waals surface area contributed by atoms with Gasteiger partial charge in [0.2, 0.25) is 5.91 Å². The van der Waals surface area contributed by atoms with E-state index >= 15 is 0 Å². The summed E-state index contributed by atoms with van der Waals surface area (Å²) in [5.74, 6) is 0.444. The van der Waals surface area contributed by atoms with Gasteiger partial charge in [-0.05, 0) is 50.1 Å². The molecule has 4 N–H and O–H groups in total. The molecule has 22 heavy (non-hydrogen) atoms. The van der Waals surface area contributed by atoms with E-state index in [1.165, 1.54) is 0 Å². The molecule has 0 aliphatic heterocycles. The highest BCUT2D eigenvalue weighted by Gasteiger charge is 2.05. The molecular weight excluding hydrogens is 276 g/mol. The lowest BCUT2D eigenvalue weighted by Crippen LogP contribution is -2.12. The molecule has 1 heterocycles. The molecule has 5 heteroatoms. The number of carbonyl (C=O) groups excluding carboxylic acids is 1. The topological polar surface area (TPSA) is 80.0 Å². The number of hydrogen-bond acceptors (Lipinski definition) is 4. The lowest BCUT2D eigenvalue weighted by molar-refractivity contribution is 0.100. The van der Waals surface area contributed by atoms with Crippen LogP contribution in [0.25, 0.3) is 0 Å². The van der Waals surface area contributed by atoms with Crippen LogP contribution in [0.4, 0.5) is 11.5 Å². The number of aryl methyl sites for hydroxylation is 1. The van der Waals surface area contributed by atoms with E-state index in [9.17, 15) is 4.79 Å². The third-order valence-corrected chi connectivity index (χ3v) is 3.27. The number of nitrogens with zero attached hydrogens (tertiary/aromatic N) is 1. The highest BCUT2D eigenvalue weighted by Crippen LogP contribution is 2.18. The minimum Gasteiger partial charge on any atom is -0.381 e. The molecule has 0 saturated carbocycles. The molecule has 0 saturated heterocycles. The number of pyridine rings is 1. The summed E-state index contributed by atoms with van der Waals surface area (Å²) in [5.41, 5.74) is 8.85. The number of aromatic nitrogens is 1. The number of anilines is 2. The molecule has 0 atom stereocenters. The molecule has 116 valence electrons. The smallest absolute Gasteiger partial charge is 0.248 e. The number of rotatable bonds is 6. The molecule has 1 aromatic heterocycles. The Hall–Kier alpha value is -2.56. The van der Waals surface area contributed by atoms with Crippen molar-refractivity contribution in [1.29, 1.82) is 0 Å². The molecule has 0 radical (unpaired) electrons. The lowest BCUT2D eigenvalue weighted by Gasteiger charge is -2.12. The molecule has 0 aliphatic carbocycles. The Kier molecular flexibility index (Phi) is 4.99. The fraction of sp³-hybridized carbons (Fsp3) is 0.294. The molecule has 0 spiro atoms. The maximum Gasteiger partial charge on any atom is 0.248 e. The summed E-state index contributed by atoms with van der Waals surface area (Å²) < 4.78 is 0. The van der Waals surface area contributed by atoms with Crippen molar-refractivity contribution in [3.63, 3.8) is 0 Å². The Morgan fingerprint density at radius 3 is 2.64 bits per heavy atom. The number of benzene rings is 1. The number of nitrogens with two attached hydrogens (primary N) is 1. The van der Waals surface area contributed by atoms with Crippen molar-refractivity contribution in [3.8, 4) is 0 Å². The van der Waals surface area contributed by atoms with Gasteiger partial charge in [0, 0.05) is 30.0 Å². The Balaban J connectivity index is 2.03. The van der Waals surface area contributed by atoms with Crippen molar-refractivity contribution in [2.75, 3.05) is 10.6 Å². The maximum absolute atomic E-state index is 11.2. The first-order valence-electron chi connectivity index (χ1n) is 7.31. The number of amides is 1. The second-order valence-corrected chi connectivity index (χ2v) is 5.60. The van der Waals surface area contributed by atoms with Gasteiger partial charge in [0.15, 0.2) is 0 Å². The Morgan fingerprint density at radius 2 is 2.05 bits per heavy atom. The monoisotopic (exact) mass is 298 g/mol. The van der Waals surface area contributed by atoms with Crippen molar-refractivity contribution in [2.45, 2.75) is 33.4 Å². The SMILES string of the molecule is Cc1ccc(C(N)=O)cc1NCc1ccc(NC(C)C)nc1. The average Bonchev–Trinajstić information content (AvgIpc) is 2.47. The zero-order chi connectivity index (χ0) is 16.1. The molecule has 0 bridgehead atoms. The Labute approximate surface area is 130 Å². The van der Waals surface area contributed by atoms with Gasteiger partial charge in [-0.2, -0.15) is 0 Å². The summed E-state index contributed by atoms with van der Waals surface area (Å²) in [6.07, 6.45) is 1.84. The van der Waals surface area contributed by atoms with Crippen LogP contribution in [0.1, 0.15) is 35.3 Å². The molecule has 5 nitrogen and oxygen atoms in total. The summed E-state index contributed by atoms with van der Waals surface area (Å²) in [4.78, 5) is 15.6. The summed E-state index contributed by atoms with van der Waals surface area (Å²) in [6, 6.07) is 9.74. The van der Waals surface area contributed by atoms with Gasteiger partial charge < -0.3 is 16.4 Å². The normalized spacial score (nSPS) is 10.5. The van der Waals surface area contributed by atoms with Crippen LogP contribution >= 0.6 is 0 Å². The van der Waals surface area contributed by atoms with Crippen LogP contribution in [-0.2, 0) is 6.54 Å². The van der Waals surface area contributed by atoms with Crippen LogP contribution in [0.3, 0.4) is 0 Å². The zero-order valence-corrected chi connectivity index (χ0v) is 13.2. The van der Waals surface area contributed by atoms with Gasteiger partial charge in [-0.3, -0.25) is 4.79 Å². The molecule has 2 aromatic rings. The first kappa shape index (κ1) is 15.8. The third-order valence-electron chi connectivity index (χ3n) is 3.27. The van der Waals surface area contributed by atoms with Crippen LogP contribution in [0.5, 0.6) is 0 Å². The molecule has 2 rings (SSSR count). The largest absolute Gasteiger partial charge is 0.381 e. The van der Waals surface area contributed by atoms with Crippen molar-refractivity contribution in [1.82, 2.24) is 4.98 Å². The van der Waals surface area contributed by atoms with Gasteiger partial charge >= 0.3 is 0 Å². The fourth-order valence-electron chi connectivity index (χ4n) is 2.07. The first-order valence-corrected chi connectivity index (χ1v) is 7.31. The number of nitrogens with one attached hydrogen (secondary N) is 2. The van der Waals surface area contributed by atoms with Gasteiger partial charge in [0.05, 0.1) is 0 Å². The van der Waals surface area contributed by atoms with E-state index in [2.05, 4.69) is 29.5 Å². The van der Waals surface area contributed by atoms with Gasteiger partial charge in [-0.25, -0.2) is 4.98 Å². The minimum atomic E-state index is -0.422. The van der Waals surface area contributed by atoms with E-state index in [1.807, 2.05) is 31.3 Å². The maximum atomic E-state index is 11.2. The predicted octanol–water partition coefficient (Wildman–Crippen LogP) is 2.92. The summed E-state index contributed by atoms with van der Waals surface area (Å²) in [5, 5.41) is 6.57. The van der Waals surface area contributed by atoms with Crippen molar-refractivity contribution < 1.29 is 4.79 Å². The van der Waals surface area contributed by atoms with Crippen molar-refractivity contribution in [2.24, 2.45) is 5.73 Å². The third kappa shape index (κ3) is 4.22. The number of carbonyl (C=O) groups is 1. The molecule has 1 amide bonds. The van der Waals surface area contributed by atoms with Gasteiger partial charge in [0.1, 0.15) is 5.82 Å². The van der Waals surface area contributed by atoms with Gasteiger partial charge in [0.25, 0.3) is 0 Å². The van der Waals surface area contributed by atoms with Crippen LogP contribution in [0, 0.1) is 6.92 Å². The fourth-order valence-corrected chi connectivity index (χ4v) is 2.07. The molecule has 0 fully saturated rings. The van der Waals surface area contributed by atoms with Crippen molar-refractivity contribution in [3.05, 3.63) is 53.2 Å². The summed E-state index contributed by atoms with van der Waals surface area (Å²) in [7, 11) is 0. The van der Waals surface area contributed by atoms with E-state index in [1.54, 1.807) is 12.1 Å². The minimum absolute atomic E-state index is 0.357. The van der Waals surface area contributed by atoms with E-state index in [4.69, 9.17) is 5.73 Å².